The fourth-order valence-corrected chi connectivity index (χ4v) is 2.80. The highest BCUT2D eigenvalue weighted by molar-refractivity contribution is 5.83. The van der Waals surface area contributed by atoms with E-state index in [0.29, 0.717) is 0 Å². The van der Waals surface area contributed by atoms with Gasteiger partial charge >= 0.3 is 5.97 Å². The number of aliphatic hydroxyl groups is 4. The zero-order valence-electron chi connectivity index (χ0n) is 14.9. The lowest BCUT2D eigenvalue weighted by Gasteiger charge is -2.39. The van der Waals surface area contributed by atoms with Crippen molar-refractivity contribution in [2.45, 2.75) is 56.5 Å². The first-order valence-corrected chi connectivity index (χ1v) is 8.34. The number of nitrogens with one attached hydrogen (secondary N) is 1. The normalized spacial score (nSPS) is 29.2. The minimum absolute atomic E-state index is 0.182. The Hall–Kier alpha value is -2.12. The number of methoxy groups -OCH3 is 1. The Balaban J connectivity index is 2.05. The molecule has 1 aliphatic heterocycles. The van der Waals surface area contributed by atoms with E-state index in [1.165, 1.54) is 24.9 Å². The van der Waals surface area contributed by atoms with Crippen LogP contribution in [0.3, 0.4) is 0 Å². The number of aromatic nitrogens is 3. The van der Waals surface area contributed by atoms with E-state index in [1.807, 2.05) is 0 Å². The number of carbonyl (C=O) groups is 2. The molecular weight excluding hydrogens is 364 g/mol. The zero-order valence-corrected chi connectivity index (χ0v) is 14.9. The Labute approximate surface area is 154 Å². The van der Waals surface area contributed by atoms with Crippen molar-refractivity contribution in [2.75, 3.05) is 13.7 Å². The molecule has 0 unspecified atom stereocenters. The monoisotopic (exact) mass is 388 g/mol. The molecule has 1 aliphatic rings. The van der Waals surface area contributed by atoms with E-state index in [1.54, 1.807) is 0 Å². The topological polar surface area (TPSA) is 176 Å². The van der Waals surface area contributed by atoms with Gasteiger partial charge < -0.3 is 35.2 Å². The summed E-state index contributed by atoms with van der Waals surface area (Å²) in [4.78, 5) is 22.9. The van der Waals surface area contributed by atoms with Crippen molar-refractivity contribution >= 4 is 11.9 Å². The van der Waals surface area contributed by atoms with Gasteiger partial charge in [-0.15, -0.1) is 5.10 Å². The second-order valence-electron chi connectivity index (χ2n) is 6.22. The Kier molecular flexibility index (Phi) is 7.21. The molecule has 152 valence electrons. The van der Waals surface area contributed by atoms with Gasteiger partial charge in [0.2, 0.25) is 5.91 Å². The maximum Gasteiger partial charge on any atom is 0.328 e. The standard InChI is InChI=1S/C15H24N4O8/c1-7(21)16-8(15(25)26-2)3-4-19-5-9(17-18-19)14-13(24)12(23)11(22)10(6-20)27-14/h5,8,10-14,20,22-24H,3-4,6H2,1-2H3,(H,16,21)/t8-,10+,11-,12-,13+,14-/m0/s1. The zero-order chi connectivity index (χ0) is 20.1. The van der Waals surface area contributed by atoms with Gasteiger partial charge in [-0.25, -0.2) is 4.79 Å². The summed E-state index contributed by atoms with van der Waals surface area (Å²) < 4.78 is 11.4. The van der Waals surface area contributed by atoms with Gasteiger partial charge in [-0.3, -0.25) is 9.48 Å². The van der Waals surface area contributed by atoms with Gasteiger partial charge in [0.25, 0.3) is 0 Å². The number of hydrogen-bond donors (Lipinski definition) is 5. The van der Waals surface area contributed by atoms with Crippen LogP contribution in [0.25, 0.3) is 0 Å². The van der Waals surface area contributed by atoms with Gasteiger partial charge in [-0.1, -0.05) is 5.21 Å². The van der Waals surface area contributed by atoms with Gasteiger partial charge in [0, 0.05) is 13.5 Å². The molecule has 1 amide bonds. The number of esters is 1. The first kappa shape index (κ1) is 21.2. The van der Waals surface area contributed by atoms with Crippen molar-refractivity contribution in [1.29, 1.82) is 0 Å². The summed E-state index contributed by atoms with van der Waals surface area (Å²) in [6, 6.07) is -0.854. The summed E-state index contributed by atoms with van der Waals surface area (Å²) in [7, 11) is 1.21. The highest BCUT2D eigenvalue weighted by Gasteiger charge is 2.45. The third-order valence-electron chi connectivity index (χ3n) is 4.25. The fraction of sp³-hybridized carbons (Fsp3) is 0.733. The average Bonchev–Trinajstić information content (AvgIpc) is 3.11. The lowest BCUT2D eigenvalue weighted by molar-refractivity contribution is -0.232. The van der Waals surface area contributed by atoms with Crippen LogP contribution in [0.1, 0.15) is 25.1 Å². The van der Waals surface area contributed by atoms with E-state index in [-0.39, 0.29) is 24.6 Å². The third kappa shape index (κ3) is 4.99. The molecule has 1 aromatic heterocycles. The van der Waals surface area contributed by atoms with Gasteiger partial charge in [-0.2, -0.15) is 0 Å². The third-order valence-corrected chi connectivity index (χ3v) is 4.25. The number of rotatable bonds is 7. The Morgan fingerprint density at radius 1 is 1.33 bits per heavy atom. The van der Waals surface area contributed by atoms with Gasteiger partial charge in [0.1, 0.15) is 42.3 Å². The number of nitrogens with zero attached hydrogens (tertiary/aromatic N) is 3. The Bertz CT molecular complexity index is 652. The second kappa shape index (κ2) is 9.19. The van der Waals surface area contributed by atoms with Gasteiger partial charge in [0.05, 0.1) is 19.9 Å². The number of hydrogen-bond acceptors (Lipinski definition) is 10. The molecule has 0 saturated carbocycles. The molecule has 0 radical (unpaired) electrons. The predicted molar refractivity (Wildman–Crippen MR) is 87.0 cm³/mol. The minimum atomic E-state index is -1.52. The molecule has 1 aromatic rings. The van der Waals surface area contributed by atoms with Gasteiger partial charge in [-0.05, 0) is 6.42 Å². The first-order chi connectivity index (χ1) is 12.8. The molecular formula is C15H24N4O8. The van der Waals surface area contributed by atoms with E-state index in [0.717, 1.165) is 0 Å². The summed E-state index contributed by atoms with van der Waals surface area (Å²) in [6.45, 7) is 0.931. The summed E-state index contributed by atoms with van der Waals surface area (Å²) in [5.74, 6) is -0.981. The van der Waals surface area contributed by atoms with Crippen molar-refractivity contribution in [2.24, 2.45) is 0 Å². The van der Waals surface area contributed by atoms with Crippen LogP contribution in [-0.2, 0) is 25.6 Å². The number of ether oxygens (including phenoxy) is 2. The molecule has 0 spiro atoms. The fourth-order valence-electron chi connectivity index (χ4n) is 2.80. The van der Waals surface area contributed by atoms with Crippen LogP contribution in [0, 0.1) is 0 Å². The van der Waals surface area contributed by atoms with Crippen molar-refractivity contribution < 1.29 is 39.5 Å². The highest BCUT2D eigenvalue weighted by atomic mass is 16.5. The molecule has 27 heavy (non-hydrogen) atoms. The Morgan fingerprint density at radius 2 is 2.04 bits per heavy atom. The minimum Gasteiger partial charge on any atom is -0.467 e. The van der Waals surface area contributed by atoms with Crippen LogP contribution in [0.5, 0.6) is 0 Å². The SMILES string of the molecule is COC(=O)[C@H](CCn1cc([C@@H]2O[C@H](CO)[C@H](O)[C@H](O)[C@H]2O)nn1)NC(C)=O. The average molecular weight is 388 g/mol. The number of aliphatic hydroxyl groups excluding tert-OH is 4. The molecule has 1 saturated heterocycles. The molecule has 0 aliphatic carbocycles. The summed E-state index contributed by atoms with van der Waals surface area (Å²) >= 11 is 0. The van der Waals surface area contributed by atoms with Crippen molar-refractivity contribution in [3.8, 4) is 0 Å². The van der Waals surface area contributed by atoms with Crippen molar-refractivity contribution in [3.63, 3.8) is 0 Å². The molecule has 12 nitrogen and oxygen atoms in total. The van der Waals surface area contributed by atoms with E-state index < -0.39 is 49.1 Å². The quantitative estimate of drug-likeness (QED) is 0.300. The molecule has 2 rings (SSSR count). The van der Waals surface area contributed by atoms with Crippen molar-refractivity contribution in [1.82, 2.24) is 20.3 Å². The van der Waals surface area contributed by atoms with Crippen LogP contribution in [-0.4, -0.2) is 91.5 Å². The van der Waals surface area contributed by atoms with Gasteiger partial charge in [0.15, 0.2) is 0 Å². The number of carbonyl (C=O) groups excluding carboxylic acids is 2. The maximum absolute atomic E-state index is 11.7. The molecule has 6 atom stereocenters. The van der Waals surface area contributed by atoms with Crippen LogP contribution in [0.4, 0.5) is 0 Å². The summed E-state index contributed by atoms with van der Waals surface area (Å²) in [6.07, 6.45) is -4.97. The summed E-state index contributed by atoms with van der Waals surface area (Å²) in [5, 5.41) is 49.2. The lowest BCUT2D eigenvalue weighted by Crippen LogP contribution is -2.55. The van der Waals surface area contributed by atoms with Crippen LogP contribution >= 0.6 is 0 Å². The van der Waals surface area contributed by atoms with E-state index in [9.17, 15) is 30.0 Å². The molecule has 2 heterocycles. The Morgan fingerprint density at radius 3 is 2.63 bits per heavy atom. The molecule has 5 N–H and O–H groups in total. The predicted octanol–water partition coefficient (Wildman–Crippen LogP) is -3.14. The van der Waals surface area contributed by atoms with Crippen LogP contribution in [0.2, 0.25) is 0 Å². The van der Waals surface area contributed by atoms with E-state index >= 15 is 0 Å². The summed E-state index contributed by atoms with van der Waals surface area (Å²) in [5.41, 5.74) is 0.182. The van der Waals surface area contributed by atoms with Crippen LogP contribution < -0.4 is 5.32 Å². The molecule has 0 bridgehead atoms. The molecule has 1 fully saturated rings. The number of amides is 1. The highest BCUT2D eigenvalue weighted by Crippen LogP contribution is 2.31. The first-order valence-electron chi connectivity index (χ1n) is 8.34. The second-order valence-corrected chi connectivity index (χ2v) is 6.22. The van der Waals surface area contributed by atoms with Crippen molar-refractivity contribution in [3.05, 3.63) is 11.9 Å². The van der Waals surface area contributed by atoms with Crippen LogP contribution in [0.15, 0.2) is 6.20 Å². The maximum atomic E-state index is 11.7. The molecule has 0 aromatic carbocycles. The van der Waals surface area contributed by atoms with E-state index in [4.69, 9.17) is 4.74 Å². The lowest BCUT2D eigenvalue weighted by atomic mass is 9.94. The smallest absolute Gasteiger partial charge is 0.328 e. The number of aryl methyl sites for hydroxylation is 1. The van der Waals surface area contributed by atoms with E-state index in [2.05, 4.69) is 20.4 Å². The molecule has 12 heteroatoms. The largest absolute Gasteiger partial charge is 0.467 e.